The summed E-state index contributed by atoms with van der Waals surface area (Å²) in [5.41, 5.74) is 0. The van der Waals surface area contributed by atoms with Gasteiger partial charge in [-0.2, -0.15) is 0 Å². The molecule has 0 rings (SSSR count). The first-order chi connectivity index (χ1) is 27.7. The van der Waals surface area contributed by atoms with Crippen LogP contribution in [0.2, 0.25) is 0 Å². The Kier molecular flexibility index (Phi) is 41.0. The molecule has 57 heavy (non-hydrogen) atoms. The SMILES string of the molecule is CCCCC/C=C/C/C=C/C/C=C/CCCCC(=O)O[C@H](COC(=O)CCCCCCCCCCCCCCCCCCCCC)COP(=O)(O)OC[C@@H](O)CO. The zero-order valence-corrected chi connectivity index (χ0v) is 37.2. The molecule has 0 aromatic rings. The predicted octanol–water partition coefficient (Wildman–Crippen LogP) is 12.3. The molecule has 0 aromatic carbocycles. The van der Waals surface area contributed by atoms with Crippen molar-refractivity contribution in [3.05, 3.63) is 36.5 Å². The van der Waals surface area contributed by atoms with Crippen LogP contribution in [0.15, 0.2) is 36.5 Å². The summed E-state index contributed by atoms with van der Waals surface area (Å²) in [6.45, 7) is 2.33. The van der Waals surface area contributed by atoms with Crippen LogP contribution in [-0.2, 0) is 32.7 Å². The fraction of sp³-hybridized carbons (Fsp3) is 0.826. The van der Waals surface area contributed by atoms with E-state index < -0.39 is 51.8 Å². The third kappa shape index (κ3) is 42.1. The van der Waals surface area contributed by atoms with Gasteiger partial charge in [0.1, 0.15) is 12.7 Å². The summed E-state index contributed by atoms with van der Waals surface area (Å²) in [5.74, 6) is -0.962. The summed E-state index contributed by atoms with van der Waals surface area (Å²) in [6.07, 6.45) is 44.0. The standard InChI is InChI=1S/C46H85O10P/c1-3-5-7-9-11-13-15-17-19-20-21-22-24-25-27-29-31-33-35-37-45(49)53-41-44(42-55-57(51,52)54-40-43(48)39-47)56-46(50)38-36-34-32-30-28-26-23-18-16-14-12-10-8-6-4-2/h12,14,18,23,28,30,43-44,47-48H,3-11,13,15-17,19-22,24-27,29,31-42H2,1-2H3,(H,51,52)/b14-12+,23-18+,30-28+/t43-,44+/m0/s1. The van der Waals surface area contributed by atoms with Crippen molar-refractivity contribution in [2.45, 2.75) is 219 Å². The maximum absolute atomic E-state index is 12.6. The first-order valence-electron chi connectivity index (χ1n) is 22.9. The number of hydrogen-bond donors (Lipinski definition) is 3. The van der Waals surface area contributed by atoms with Gasteiger partial charge >= 0.3 is 19.8 Å². The summed E-state index contributed by atoms with van der Waals surface area (Å²) in [6, 6.07) is 0. The van der Waals surface area contributed by atoms with Crippen molar-refractivity contribution in [3.8, 4) is 0 Å². The topological polar surface area (TPSA) is 149 Å². The first-order valence-corrected chi connectivity index (χ1v) is 24.4. The van der Waals surface area contributed by atoms with E-state index in [1.807, 2.05) is 0 Å². The van der Waals surface area contributed by atoms with Gasteiger partial charge in [-0.25, -0.2) is 4.57 Å². The van der Waals surface area contributed by atoms with E-state index in [1.165, 1.54) is 116 Å². The quantitative estimate of drug-likeness (QED) is 0.0235. The van der Waals surface area contributed by atoms with Gasteiger partial charge in [-0.15, -0.1) is 0 Å². The molecule has 0 saturated carbocycles. The van der Waals surface area contributed by atoms with Crippen LogP contribution < -0.4 is 0 Å². The molecule has 0 radical (unpaired) electrons. The summed E-state index contributed by atoms with van der Waals surface area (Å²) in [5, 5.41) is 18.3. The highest BCUT2D eigenvalue weighted by Gasteiger charge is 2.27. The molecule has 0 bridgehead atoms. The number of aliphatic hydroxyl groups excluding tert-OH is 2. The van der Waals surface area contributed by atoms with Gasteiger partial charge in [-0.1, -0.05) is 179 Å². The van der Waals surface area contributed by atoms with E-state index in [9.17, 15) is 24.2 Å². The van der Waals surface area contributed by atoms with Gasteiger partial charge < -0.3 is 24.6 Å². The van der Waals surface area contributed by atoms with Gasteiger partial charge in [0.2, 0.25) is 0 Å². The summed E-state index contributed by atoms with van der Waals surface area (Å²) in [7, 11) is -4.63. The molecule has 0 aromatic heterocycles. The molecule has 0 heterocycles. The number of carbonyl (C=O) groups is 2. The summed E-state index contributed by atoms with van der Waals surface area (Å²) >= 11 is 0. The molecule has 11 heteroatoms. The molecule has 0 aliphatic heterocycles. The van der Waals surface area contributed by atoms with E-state index >= 15 is 0 Å². The van der Waals surface area contributed by atoms with Crippen molar-refractivity contribution in [3.63, 3.8) is 0 Å². The van der Waals surface area contributed by atoms with Crippen molar-refractivity contribution < 1.29 is 47.8 Å². The molecular weight excluding hydrogens is 743 g/mol. The van der Waals surface area contributed by atoms with Gasteiger partial charge in [0.25, 0.3) is 0 Å². The van der Waals surface area contributed by atoms with Crippen molar-refractivity contribution in [1.29, 1.82) is 0 Å². The number of aliphatic hydroxyl groups is 2. The Morgan fingerprint density at radius 1 is 0.526 bits per heavy atom. The molecule has 1 unspecified atom stereocenters. The Balaban J connectivity index is 4.27. The lowest BCUT2D eigenvalue weighted by atomic mass is 10.0. The maximum atomic E-state index is 12.6. The second kappa shape index (κ2) is 42.3. The average molecular weight is 829 g/mol. The Hall–Kier alpha value is -1.81. The van der Waals surface area contributed by atoms with Gasteiger partial charge in [0, 0.05) is 12.8 Å². The number of allylic oxidation sites excluding steroid dienone is 6. The number of phosphoric acid groups is 1. The number of unbranched alkanes of at least 4 members (excludes halogenated alkanes) is 23. The van der Waals surface area contributed by atoms with Crippen LogP contribution in [0.25, 0.3) is 0 Å². The van der Waals surface area contributed by atoms with E-state index in [2.05, 4.69) is 54.8 Å². The highest BCUT2D eigenvalue weighted by molar-refractivity contribution is 7.47. The lowest BCUT2D eigenvalue weighted by Crippen LogP contribution is -2.29. The Bertz CT molecular complexity index is 1050. The largest absolute Gasteiger partial charge is 0.472 e. The third-order valence-corrected chi connectivity index (χ3v) is 10.7. The summed E-state index contributed by atoms with van der Waals surface area (Å²) in [4.78, 5) is 35.0. The second-order valence-electron chi connectivity index (χ2n) is 15.4. The fourth-order valence-electron chi connectivity index (χ4n) is 6.24. The molecule has 0 amide bonds. The highest BCUT2D eigenvalue weighted by Crippen LogP contribution is 2.43. The normalized spacial score (nSPS) is 14.1. The number of carbonyl (C=O) groups excluding carboxylic acids is 2. The van der Waals surface area contributed by atoms with E-state index in [-0.39, 0.29) is 19.4 Å². The molecule has 334 valence electrons. The summed E-state index contributed by atoms with van der Waals surface area (Å²) < 4.78 is 32.7. The second-order valence-corrected chi connectivity index (χ2v) is 16.9. The molecule has 0 aliphatic carbocycles. The minimum atomic E-state index is -4.63. The lowest BCUT2D eigenvalue weighted by molar-refractivity contribution is -0.161. The highest BCUT2D eigenvalue weighted by atomic mass is 31.2. The van der Waals surface area contributed by atoms with Crippen LogP contribution in [0.3, 0.4) is 0 Å². The van der Waals surface area contributed by atoms with Crippen LogP contribution >= 0.6 is 7.82 Å². The fourth-order valence-corrected chi connectivity index (χ4v) is 7.03. The molecular formula is C46H85O10P. The van der Waals surface area contributed by atoms with E-state index in [0.717, 1.165) is 51.4 Å². The van der Waals surface area contributed by atoms with E-state index in [4.69, 9.17) is 19.1 Å². The Labute approximate surface area is 348 Å². The minimum Gasteiger partial charge on any atom is -0.462 e. The monoisotopic (exact) mass is 829 g/mol. The number of esters is 2. The van der Waals surface area contributed by atoms with Crippen molar-refractivity contribution in [2.75, 3.05) is 26.4 Å². The predicted molar refractivity (Wildman–Crippen MR) is 233 cm³/mol. The lowest BCUT2D eigenvalue weighted by Gasteiger charge is -2.20. The third-order valence-electron chi connectivity index (χ3n) is 9.80. The van der Waals surface area contributed by atoms with E-state index in [0.29, 0.717) is 12.8 Å². The van der Waals surface area contributed by atoms with Gasteiger partial charge in [-0.05, 0) is 51.4 Å². The minimum absolute atomic E-state index is 0.137. The number of hydrogen-bond acceptors (Lipinski definition) is 9. The van der Waals surface area contributed by atoms with Crippen molar-refractivity contribution >= 4 is 19.8 Å². The van der Waals surface area contributed by atoms with Crippen LogP contribution in [0.5, 0.6) is 0 Å². The van der Waals surface area contributed by atoms with Crippen LogP contribution in [0.1, 0.15) is 206 Å². The average Bonchev–Trinajstić information content (AvgIpc) is 3.20. The van der Waals surface area contributed by atoms with Crippen LogP contribution in [0, 0.1) is 0 Å². The Morgan fingerprint density at radius 2 is 0.912 bits per heavy atom. The molecule has 0 aliphatic rings. The zero-order chi connectivity index (χ0) is 41.9. The smallest absolute Gasteiger partial charge is 0.462 e. The molecule has 10 nitrogen and oxygen atoms in total. The molecule has 0 fully saturated rings. The van der Waals surface area contributed by atoms with Gasteiger partial charge in [0.15, 0.2) is 6.10 Å². The molecule has 3 N–H and O–H groups in total. The molecule has 0 spiro atoms. The maximum Gasteiger partial charge on any atom is 0.472 e. The number of ether oxygens (including phenoxy) is 2. The first kappa shape index (κ1) is 55.2. The zero-order valence-electron chi connectivity index (χ0n) is 36.3. The van der Waals surface area contributed by atoms with Gasteiger partial charge in [-0.3, -0.25) is 18.6 Å². The van der Waals surface area contributed by atoms with Crippen molar-refractivity contribution in [2.24, 2.45) is 0 Å². The number of phosphoric ester groups is 1. The number of rotatable bonds is 43. The van der Waals surface area contributed by atoms with E-state index in [1.54, 1.807) is 0 Å². The van der Waals surface area contributed by atoms with Crippen LogP contribution in [0.4, 0.5) is 0 Å². The Morgan fingerprint density at radius 3 is 1.40 bits per heavy atom. The van der Waals surface area contributed by atoms with Gasteiger partial charge in [0.05, 0.1) is 19.8 Å². The van der Waals surface area contributed by atoms with Crippen molar-refractivity contribution in [1.82, 2.24) is 0 Å². The molecule has 0 saturated heterocycles. The molecule has 3 atom stereocenters. The van der Waals surface area contributed by atoms with Crippen LogP contribution in [-0.4, -0.2) is 65.7 Å².